The van der Waals surface area contributed by atoms with E-state index >= 15 is 0 Å². The number of ether oxygens (including phenoxy) is 1. The summed E-state index contributed by atoms with van der Waals surface area (Å²) in [6.45, 7) is 7.44. The van der Waals surface area contributed by atoms with Gasteiger partial charge in [0.1, 0.15) is 6.61 Å². The minimum Gasteiger partial charge on any atom is -0.461 e. The summed E-state index contributed by atoms with van der Waals surface area (Å²) < 4.78 is 4.84. The normalized spacial score (nSPS) is 11.5. The van der Waals surface area contributed by atoms with Crippen molar-refractivity contribution in [2.24, 2.45) is 5.92 Å². The Bertz CT molecular complexity index is 166. The predicted octanol–water partition coefficient (Wildman–Crippen LogP) is 1.92. The molecule has 0 N–H and O–H groups in total. The summed E-state index contributed by atoms with van der Waals surface area (Å²) >= 11 is 0. The third kappa shape index (κ3) is 4.40. The highest BCUT2D eigenvalue weighted by molar-refractivity contribution is 5.71. The first-order valence-electron chi connectivity index (χ1n) is 3.73. The average molecular weight is 154 g/mol. The van der Waals surface area contributed by atoms with E-state index in [0.717, 1.165) is 6.42 Å². The van der Waals surface area contributed by atoms with Crippen molar-refractivity contribution in [3.8, 4) is 0 Å². The van der Waals surface area contributed by atoms with Crippen LogP contribution < -0.4 is 0 Å². The van der Waals surface area contributed by atoms with E-state index in [1.165, 1.54) is 0 Å². The second-order valence-corrected chi connectivity index (χ2v) is 2.35. The van der Waals surface area contributed by atoms with Crippen molar-refractivity contribution in [3.63, 3.8) is 0 Å². The van der Waals surface area contributed by atoms with Gasteiger partial charge in [0.2, 0.25) is 0 Å². The standard InChI is InChI=1S/C9H14O2/c1-4-6-7-11-9(10)8(3)5-2/h6,8H,1,5,7H2,2-3H3. The minimum atomic E-state index is -0.154. The SMILES string of the molecule is C=C=CCOC(=O)C(C)CC. The third-order valence-corrected chi connectivity index (χ3v) is 1.47. The monoisotopic (exact) mass is 154 g/mol. The van der Waals surface area contributed by atoms with Gasteiger partial charge >= 0.3 is 5.97 Å². The molecule has 1 unspecified atom stereocenters. The molecule has 0 amide bonds. The second-order valence-electron chi connectivity index (χ2n) is 2.35. The molecular formula is C9H14O2. The van der Waals surface area contributed by atoms with E-state index in [2.05, 4.69) is 12.3 Å². The van der Waals surface area contributed by atoms with Crippen molar-refractivity contribution in [2.45, 2.75) is 20.3 Å². The highest BCUT2D eigenvalue weighted by Crippen LogP contribution is 2.02. The van der Waals surface area contributed by atoms with Gasteiger partial charge in [-0.15, -0.1) is 5.73 Å². The zero-order chi connectivity index (χ0) is 8.69. The fourth-order valence-electron chi connectivity index (χ4n) is 0.492. The molecule has 2 nitrogen and oxygen atoms in total. The van der Waals surface area contributed by atoms with E-state index in [1.807, 2.05) is 13.8 Å². The summed E-state index contributed by atoms with van der Waals surface area (Å²) in [5.74, 6) is -0.160. The lowest BCUT2D eigenvalue weighted by Crippen LogP contribution is -2.13. The fraction of sp³-hybridized carbons (Fsp3) is 0.556. The molecule has 0 saturated carbocycles. The molecule has 0 rings (SSSR count). The van der Waals surface area contributed by atoms with Gasteiger partial charge in [-0.3, -0.25) is 4.79 Å². The van der Waals surface area contributed by atoms with Crippen LogP contribution >= 0.6 is 0 Å². The van der Waals surface area contributed by atoms with Gasteiger partial charge in [-0.25, -0.2) is 0 Å². The first-order chi connectivity index (χ1) is 5.22. The lowest BCUT2D eigenvalue weighted by molar-refractivity contribution is -0.146. The van der Waals surface area contributed by atoms with E-state index in [1.54, 1.807) is 6.08 Å². The highest BCUT2D eigenvalue weighted by Gasteiger charge is 2.10. The molecule has 0 radical (unpaired) electrons. The summed E-state index contributed by atoms with van der Waals surface area (Å²) in [6, 6.07) is 0. The molecule has 0 saturated heterocycles. The quantitative estimate of drug-likeness (QED) is 0.456. The topological polar surface area (TPSA) is 26.3 Å². The Balaban J connectivity index is 3.60. The van der Waals surface area contributed by atoms with Gasteiger partial charge in [0, 0.05) is 0 Å². The highest BCUT2D eigenvalue weighted by atomic mass is 16.5. The molecular weight excluding hydrogens is 140 g/mol. The lowest BCUT2D eigenvalue weighted by atomic mass is 10.1. The molecule has 0 aromatic carbocycles. The number of hydrogen-bond acceptors (Lipinski definition) is 2. The van der Waals surface area contributed by atoms with Crippen LogP contribution in [0.1, 0.15) is 20.3 Å². The summed E-state index contributed by atoms with van der Waals surface area (Å²) in [5, 5.41) is 0. The number of carbonyl (C=O) groups is 1. The van der Waals surface area contributed by atoms with Gasteiger partial charge in [0.15, 0.2) is 0 Å². The number of esters is 1. The number of hydrogen-bond donors (Lipinski definition) is 0. The lowest BCUT2D eigenvalue weighted by Gasteiger charge is -2.05. The van der Waals surface area contributed by atoms with Crippen LogP contribution in [0.3, 0.4) is 0 Å². The van der Waals surface area contributed by atoms with Crippen molar-refractivity contribution in [2.75, 3.05) is 6.61 Å². The predicted molar refractivity (Wildman–Crippen MR) is 44.1 cm³/mol. The Labute approximate surface area is 67.6 Å². The number of rotatable bonds is 4. The first-order valence-corrected chi connectivity index (χ1v) is 3.73. The maximum absolute atomic E-state index is 11.0. The molecule has 11 heavy (non-hydrogen) atoms. The Kier molecular flexibility index (Phi) is 5.22. The maximum Gasteiger partial charge on any atom is 0.308 e. The van der Waals surface area contributed by atoms with E-state index in [0.29, 0.717) is 0 Å². The van der Waals surface area contributed by atoms with Gasteiger partial charge in [-0.2, -0.15) is 0 Å². The zero-order valence-corrected chi connectivity index (χ0v) is 7.09. The maximum atomic E-state index is 11.0. The molecule has 0 aromatic heterocycles. The van der Waals surface area contributed by atoms with Crippen molar-refractivity contribution >= 4 is 5.97 Å². The van der Waals surface area contributed by atoms with Crippen LogP contribution in [0, 0.1) is 5.92 Å². The Morgan fingerprint density at radius 1 is 1.82 bits per heavy atom. The van der Waals surface area contributed by atoms with Crippen LogP contribution in [-0.4, -0.2) is 12.6 Å². The van der Waals surface area contributed by atoms with Crippen LogP contribution in [0.15, 0.2) is 18.4 Å². The van der Waals surface area contributed by atoms with E-state index < -0.39 is 0 Å². The van der Waals surface area contributed by atoms with Crippen LogP contribution in [-0.2, 0) is 9.53 Å². The fourth-order valence-corrected chi connectivity index (χ4v) is 0.492. The van der Waals surface area contributed by atoms with Gasteiger partial charge in [-0.1, -0.05) is 20.4 Å². The third-order valence-electron chi connectivity index (χ3n) is 1.47. The van der Waals surface area contributed by atoms with Crippen molar-refractivity contribution in [1.29, 1.82) is 0 Å². The molecule has 62 valence electrons. The van der Waals surface area contributed by atoms with Gasteiger partial charge in [-0.05, 0) is 12.5 Å². The van der Waals surface area contributed by atoms with Crippen LogP contribution in [0.25, 0.3) is 0 Å². The molecule has 0 fully saturated rings. The van der Waals surface area contributed by atoms with E-state index in [4.69, 9.17) is 4.74 Å². The molecule has 1 atom stereocenters. The first kappa shape index (κ1) is 9.99. The van der Waals surface area contributed by atoms with E-state index in [-0.39, 0.29) is 18.5 Å². The van der Waals surface area contributed by atoms with E-state index in [9.17, 15) is 4.79 Å². The number of carbonyl (C=O) groups excluding carboxylic acids is 1. The van der Waals surface area contributed by atoms with Gasteiger partial charge in [0.05, 0.1) is 5.92 Å². The largest absolute Gasteiger partial charge is 0.461 e. The summed E-state index contributed by atoms with van der Waals surface area (Å²) in [7, 11) is 0. The minimum absolute atomic E-state index is 0.00628. The van der Waals surface area contributed by atoms with Crippen molar-refractivity contribution in [3.05, 3.63) is 18.4 Å². The van der Waals surface area contributed by atoms with Crippen molar-refractivity contribution in [1.82, 2.24) is 0 Å². The molecule has 0 heterocycles. The Morgan fingerprint density at radius 2 is 2.45 bits per heavy atom. The second kappa shape index (κ2) is 5.75. The summed E-state index contributed by atoms with van der Waals surface area (Å²) in [4.78, 5) is 11.0. The molecule has 0 aromatic rings. The smallest absolute Gasteiger partial charge is 0.308 e. The molecule has 0 bridgehead atoms. The Hall–Kier alpha value is -1.01. The molecule has 0 aliphatic carbocycles. The van der Waals surface area contributed by atoms with Crippen LogP contribution in [0.4, 0.5) is 0 Å². The van der Waals surface area contributed by atoms with Crippen molar-refractivity contribution < 1.29 is 9.53 Å². The average Bonchev–Trinajstić information content (AvgIpc) is 2.03. The zero-order valence-electron chi connectivity index (χ0n) is 7.09. The van der Waals surface area contributed by atoms with Gasteiger partial charge < -0.3 is 4.74 Å². The summed E-state index contributed by atoms with van der Waals surface area (Å²) in [6.07, 6.45) is 2.40. The molecule has 0 aliphatic heterocycles. The van der Waals surface area contributed by atoms with Crippen LogP contribution in [0.5, 0.6) is 0 Å². The van der Waals surface area contributed by atoms with Gasteiger partial charge in [0.25, 0.3) is 0 Å². The summed E-state index contributed by atoms with van der Waals surface area (Å²) in [5.41, 5.74) is 2.53. The molecule has 0 aliphatic rings. The molecule has 0 spiro atoms. The van der Waals surface area contributed by atoms with Crippen LogP contribution in [0.2, 0.25) is 0 Å². The molecule has 2 heteroatoms. The Morgan fingerprint density at radius 3 is 2.91 bits per heavy atom.